The molecule has 2 aromatic carbocycles. The van der Waals surface area contributed by atoms with Crippen LogP contribution >= 0.6 is 0 Å². The summed E-state index contributed by atoms with van der Waals surface area (Å²) in [5.74, 6) is 0.0844. The molecule has 1 atom stereocenters. The van der Waals surface area contributed by atoms with Crippen LogP contribution < -0.4 is 14.8 Å². The van der Waals surface area contributed by atoms with Crippen LogP contribution in [0.3, 0.4) is 0 Å². The molecule has 0 aliphatic rings. The molecule has 0 bridgehead atoms. The summed E-state index contributed by atoms with van der Waals surface area (Å²) >= 11 is 0. The summed E-state index contributed by atoms with van der Waals surface area (Å²) in [6, 6.07) is 11.1. The number of benzene rings is 2. The zero-order chi connectivity index (χ0) is 21.7. The maximum Gasteiger partial charge on any atom is 0.230 e. The highest BCUT2D eigenvalue weighted by Crippen LogP contribution is 2.28. The predicted octanol–water partition coefficient (Wildman–Crippen LogP) is 2.55. The first kappa shape index (κ1) is 21.2. The number of amides is 1. The smallest absolute Gasteiger partial charge is 0.230 e. The minimum atomic E-state index is -2.67. The van der Waals surface area contributed by atoms with Gasteiger partial charge >= 0.3 is 0 Å². The zero-order valence-corrected chi connectivity index (χ0v) is 17.4. The lowest BCUT2D eigenvalue weighted by atomic mass is 10.2. The third kappa shape index (κ3) is 5.51. The van der Waals surface area contributed by atoms with Crippen LogP contribution in [0.5, 0.6) is 5.75 Å². The van der Waals surface area contributed by atoms with Gasteiger partial charge in [-0.05, 0) is 29.8 Å². The number of aromatic nitrogens is 3. The Morgan fingerprint density at radius 2 is 2.00 bits per heavy atom. The normalized spacial score (nSPS) is 12.5. The Kier molecular flexibility index (Phi) is 6.26. The number of ether oxygens (including phenoxy) is 1. The topological polar surface area (TPSA) is 106 Å². The molecule has 0 saturated carbocycles. The number of nitrogens with one attached hydrogen (secondary N) is 2. The van der Waals surface area contributed by atoms with E-state index in [0.29, 0.717) is 28.4 Å². The summed E-state index contributed by atoms with van der Waals surface area (Å²) in [6.45, 7) is 1.31. The lowest BCUT2D eigenvalue weighted by Gasteiger charge is -2.10. The van der Waals surface area contributed by atoms with E-state index in [0.717, 1.165) is 0 Å². The van der Waals surface area contributed by atoms with Crippen molar-refractivity contribution in [3.8, 4) is 17.1 Å². The fourth-order valence-corrected chi connectivity index (χ4v) is 4.03. The highest BCUT2D eigenvalue weighted by atomic mass is 32.2. The lowest BCUT2D eigenvalue weighted by Crippen LogP contribution is -2.28. The summed E-state index contributed by atoms with van der Waals surface area (Å²) in [4.78, 5) is 23.8. The third-order valence-corrected chi connectivity index (χ3v) is 5.24. The highest BCUT2D eigenvalue weighted by molar-refractivity contribution is 7.99. The molecule has 1 aromatic heterocycles. The van der Waals surface area contributed by atoms with Crippen LogP contribution in [-0.2, 0) is 14.5 Å². The molecule has 3 aromatic rings. The Morgan fingerprint density at radius 1 is 1.20 bits per heavy atom. The molecular weight excluding hydrogens is 409 g/mol. The molecule has 0 aliphatic carbocycles. The van der Waals surface area contributed by atoms with Gasteiger partial charge in [-0.3, -0.25) is 9.52 Å². The van der Waals surface area contributed by atoms with E-state index >= 15 is 0 Å². The van der Waals surface area contributed by atoms with Crippen molar-refractivity contribution in [1.82, 2.24) is 19.7 Å². The quantitative estimate of drug-likeness (QED) is 0.580. The van der Waals surface area contributed by atoms with E-state index in [2.05, 4.69) is 25.0 Å². The number of anilines is 2. The van der Waals surface area contributed by atoms with E-state index in [9.17, 15) is 13.4 Å². The Morgan fingerprint density at radius 3 is 2.73 bits per heavy atom. The number of hydrogen-bond donors (Lipinski definition) is 2. The highest BCUT2D eigenvalue weighted by Gasteiger charge is 2.11. The zero-order valence-electron chi connectivity index (χ0n) is 16.5. The number of methoxy groups -OCH3 is 1. The van der Waals surface area contributed by atoms with Gasteiger partial charge in [0, 0.05) is 30.3 Å². The van der Waals surface area contributed by atoms with Crippen molar-refractivity contribution in [2.45, 2.75) is 6.92 Å². The molecule has 1 amide bonds. The summed E-state index contributed by atoms with van der Waals surface area (Å²) < 4.78 is 33.5. The van der Waals surface area contributed by atoms with Gasteiger partial charge in [-0.25, -0.2) is 18.6 Å². The van der Waals surface area contributed by atoms with Gasteiger partial charge in [-0.15, -0.1) is 0 Å². The number of carbonyl (C=O) groups excluding carboxylic acids is 1. The third-order valence-electron chi connectivity index (χ3n) is 3.83. The van der Waals surface area contributed by atoms with Gasteiger partial charge in [0.05, 0.1) is 22.4 Å². The lowest BCUT2D eigenvalue weighted by molar-refractivity contribution is -0.117. The second-order valence-electron chi connectivity index (χ2n) is 6.41. The average Bonchev–Trinajstić information content (AvgIpc) is 2.67. The second kappa shape index (κ2) is 8.87. The van der Waals surface area contributed by atoms with E-state index in [-0.39, 0.29) is 11.9 Å². The molecule has 30 heavy (non-hydrogen) atoms. The van der Waals surface area contributed by atoms with E-state index in [1.165, 1.54) is 50.2 Å². The summed E-state index contributed by atoms with van der Waals surface area (Å²) in [5.41, 5.74) is 1.81. The van der Waals surface area contributed by atoms with Crippen LogP contribution in [0.4, 0.5) is 16.0 Å². The molecule has 3 rings (SSSR count). The molecule has 8 nitrogen and oxygen atoms in total. The molecular formula is C20H20FN5O3S. The van der Waals surface area contributed by atoms with Gasteiger partial charge in [0.2, 0.25) is 11.9 Å². The molecule has 0 aliphatic heterocycles. The average molecular weight is 429 g/mol. The van der Waals surface area contributed by atoms with E-state index in [1.54, 1.807) is 24.3 Å². The Hall–Kier alpha value is -3.53. The van der Waals surface area contributed by atoms with E-state index in [1.807, 2.05) is 0 Å². The van der Waals surface area contributed by atoms with Gasteiger partial charge in [0.1, 0.15) is 17.9 Å². The fourth-order valence-electron chi connectivity index (χ4n) is 2.73. The summed E-state index contributed by atoms with van der Waals surface area (Å²) in [7, 11) is -1.23. The Labute approximate surface area is 173 Å². The van der Waals surface area contributed by atoms with Crippen LogP contribution in [0, 0.1) is 5.82 Å². The van der Waals surface area contributed by atoms with Crippen molar-refractivity contribution in [1.29, 1.82) is 0 Å². The fraction of sp³-hybridized carbons (Fsp3) is 0.150. The molecule has 0 spiro atoms. The van der Waals surface area contributed by atoms with Crippen LogP contribution in [0.25, 0.3) is 11.4 Å². The first-order valence-electron chi connectivity index (χ1n) is 8.78. The van der Waals surface area contributed by atoms with Crippen molar-refractivity contribution in [3.63, 3.8) is 0 Å². The number of halogens is 1. The number of nitrogens with zero attached hydrogens (tertiary/aromatic N) is 3. The first-order valence-corrected chi connectivity index (χ1v) is 10.8. The van der Waals surface area contributed by atoms with E-state index < -0.39 is 15.5 Å². The predicted molar refractivity (Wildman–Crippen MR) is 115 cm³/mol. The van der Waals surface area contributed by atoms with Gasteiger partial charge in [-0.2, -0.15) is 4.98 Å². The molecule has 10 heteroatoms. The number of carbonyl (C=O) groups is 1. The van der Waals surface area contributed by atoms with E-state index in [4.69, 9.17) is 4.74 Å². The molecule has 1 heterocycles. The molecule has 0 saturated heterocycles. The SMILES string of the molecule is COc1cc(F)ccc1-c1ncnc(Nc2cccc(C=S(C)(=O)NC(C)=O)c2)n1. The maximum atomic E-state index is 13.4. The summed E-state index contributed by atoms with van der Waals surface area (Å²) in [6.07, 6.45) is 2.78. The van der Waals surface area contributed by atoms with Crippen LogP contribution in [0.15, 0.2) is 48.8 Å². The van der Waals surface area contributed by atoms with Gasteiger partial charge < -0.3 is 10.1 Å². The Bertz CT molecular complexity index is 1210. The Balaban J connectivity index is 1.88. The van der Waals surface area contributed by atoms with Gasteiger partial charge in [-0.1, -0.05) is 12.1 Å². The molecule has 0 fully saturated rings. The number of rotatable bonds is 6. The second-order valence-corrected chi connectivity index (χ2v) is 8.66. The minimum Gasteiger partial charge on any atom is -0.496 e. The van der Waals surface area contributed by atoms with Crippen LogP contribution in [0.2, 0.25) is 0 Å². The first-order chi connectivity index (χ1) is 14.3. The molecule has 0 radical (unpaired) electrons. The van der Waals surface area contributed by atoms with Gasteiger partial charge in [0.15, 0.2) is 5.82 Å². The van der Waals surface area contributed by atoms with Crippen LogP contribution in [0.1, 0.15) is 12.5 Å². The summed E-state index contributed by atoms with van der Waals surface area (Å²) in [5, 5.41) is 4.54. The monoisotopic (exact) mass is 429 g/mol. The van der Waals surface area contributed by atoms with Crippen LogP contribution in [-0.4, -0.2) is 43.8 Å². The van der Waals surface area contributed by atoms with Crippen molar-refractivity contribution < 1.29 is 18.1 Å². The minimum absolute atomic E-state index is 0.266. The molecule has 1 unspecified atom stereocenters. The van der Waals surface area contributed by atoms with Crippen molar-refractivity contribution in [2.24, 2.45) is 0 Å². The van der Waals surface area contributed by atoms with Gasteiger partial charge in [0.25, 0.3) is 0 Å². The molecule has 2 N–H and O–H groups in total. The van der Waals surface area contributed by atoms with Crippen molar-refractivity contribution in [3.05, 3.63) is 60.2 Å². The standard InChI is InChI=1S/C20H20FN5O3S/c1-13(27)26-30(3,28)11-14-5-4-6-16(9-14)24-20-23-12-22-19(25-20)17-8-7-15(21)10-18(17)29-2/h4-12H,1-3H3,(H,26,27,28)(H,22,23,24,25). The van der Waals surface area contributed by atoms with Crippen molar-refractivity contribution in [2.75, 3.05) is 18.7 Å². The van der Waals surface area contributed by atoms with Crippen molar-refractivity contribution >= 4 is 32.6 Å². The maximum absolute atomic E-state index is 13.4. The number of hydrogen-bond acceptors (Lipinski definition) is 7. The largest absolute Gasteiger partial charge is 0.496 e. The molecule has 156 valence electrons.